The van der Waals surface area contributed by atoms with Crippen LogP contribution in [-0.2, 0) is 0 Å². The molecule has 1 fully saturated rings. The molecule has 0 aromatic heterocycles. The van der Waals surface area contributed by atoms with Crippen LogP contribution >= 0.6 is 12.4 Å². The van der Waals surface area contributed by atoms with Gasteiger partial charge in [-0.05, 0) is 49.2 Å². The van der Waals surface area contributed by atoms with Crippen LogP contribution in [0.15, 0.2) is 48.5 Å². The number of benzene rings is 2. The average Bonchev–Trinajstić information content (AvgIpc) is 2.63. The average molecular weight is 398 g/mol. The summed E-state index contributed by atoms with van der Waals surface area (Å²) in [6.07, 6.45) is 1.60. The number of rotatable bonds is 5. The number of likely N-dealkylation sites (tertiary alicyclic amines) is 1. The summed E-state index contributed by atoms with van der Waals surface area (Å²) >= 11 is 0. The predicted molar refractivity (Wildman–Crippen MR) is 103 cm³/mol. The van der Waals surface area contributed by atoms with Gasteiger partial charge >= 0.3 is 6.61 Å². The van der Waals surface area contributed by atoms with Crippen molar-refractivity contribution in [2.24, 2.45) is 5.73 Å². The fourth-order valence-corrected chi connectivity index (χ4v) is 2.93. The molecule has 1 aliphatic rings. The molecule has 3 N–H and O–H groups in total. The molecule has 146 valence electrons. The first-order valence-corrected chi connectivity index (χ1v) is 8.48. The summed E-state index contributed by atoms with van der Waals surface area (Å²) in [6, 6.07) is 13.5. The molecule has 1 amide bonds. The van der Waals surface area contributed by atoms with Crippen LogP contribution in [-0.4, -0.2) is 36.5 Å². The van der Waals surface area contributed by atoms with Crippen LogP contribution in [0.5, 0.6) is 5.75 Å². The van der Waals surface area contributed by atoms with E-state index in [9.17, 15) is 13.6 Å². The number of alkyl halides is 2. The number of nitrogens with one attached hydrogen (secondary N) is 1. The van der Waals surface area contributed by atoms with Gasteiger partial charge in [0.2, 0.25) is 0 Å². The van der Waals surface area contributed by atoms with E-state index in [2.05, 4.69) is 10.1 Å². The molecule has 0 aliphatic carbocycles. The first-order chi connectivity index (χ1) is 12.5. The highest BCUT2D eigenvalue weighted by Crippen LogP contribution is 2.25. The lowest BCUT2D eigenvalue weighted by atomic mass is 10.0. The van der Waals surface area contributed by atoms with Crippen molar-refractivity contribution in [3.8, 4) is 5.75 Å². The highest BCUT2D eigenvalue weighted by atomic mass is 35.5. The Morgan fingerprint density at radius 1 is 1.11 bits per heavy atom. The summed E-state index contributed by atoms with van der Waals surface area (Å²) < 4.78 is 28.8. The Labute approximate surface area is 162 Å². The molecule has 0 spiro atoms. The van der Waals surface area contributed by atoms with Crippen LogP contribution in [0.2, 0.25) is 0 Å². The smallest absolute Gasteiger partial charge is 0.387 e. The molecule has 2 aromatic carbocycles. The zero-order valence-electron chi connectivity index (χ0n) is 14.6. The second-order valence-electron chi connectivity index (χ2n) is 6.20. The molecule has 5 nitrogen and oxygen atoms in total. The monoisotopic (exact) mass is 397 g/mol. The molecule has 0 unspecified atom stereocenters. The van der Waals surface area contributed by atoms with Crippen LogP contribution in [0.25, 0.3) is 0 Å². The van der Waals surface area contributed by atoms with E-state index >= 15 is 0 Å². The zero-order chi connectivity index (χ0) is 18.5. The van der Waals surface area contributed by atoms with Crippen molar-refractivity contribution in [1.29, 1.82) is 0 Å². The van der Waals surface area contributed by atoms with Gasteiger partial charge in [-0.2, -0.15) is 8.78 Å². The summed E-state index contributed by atoms with van der Waals surface area (Å²) in [5, 5.41) is 3.17. The molecule has 1 aliphatic heterocycles. The van der Waals surface area contributed by atoms with Crippen molar-refractivity contribution in [2.45, 2.75) is 25.5 Å². The van der Waals surface area contributed by atoms with Gasteiger partial charge in [-0.25, -0.2) is 0 Å². The maximum absolute atomic E-state index is 12.8. The Balaban J connectivity index is 0.00000261. The molecule has 0 bridgehead atoms. The molecular formula is C19H22ClF2N3O2. The summed E-state index contributed by atoms with van der Waals surface area (Å²) in [5.41, 5.74) is 7.80. The second-order valence-corrected chi connectivity index (χ2v) is 6.20. The molecule has 1 heterocycles. The van der Waals surface area contributed by atoms with Crippen LogP contribution in [0.4, 0.5) is 20.2 Å². The van der Waals surface area contributed by atoms with E-state index < -0.39 is 6.61 Å². The summed E-state index contributed by atoms with van der Waals surface area (Å²) in [5.74, 6) is 0.0391. The molecule has 8 heteroatoms. The number of anilines is 2. The second kappa shape index (κ2) is 9.53. The minimum Gasteiger partial charge on any atom is -0.435 e. The number of ether oxygens (including phenoxy) is 1. The largest absolute Gasteiger partial charge is 0.435 e. The first kappa shape index (κ1) is 20.9. The number of carbonyl (C=O) groups is 1. The SMILES string of the molecule is Cl.NC1CCN(C(=O)c2ccccc2Nc2ccc(OC(F)F)cc2)CC1. The first-order valence-electron chi connectivity index (χ1n) is 8.48. The lowest BCUT2D eigenvalue weighted by Crippen LogP contribution is -2.43. The number of carbonyl (C=O) groups excluding carboxylic acids is 1. The lowest BCUT2D eigenvalue weighted by Gasteiger charge is -2.30. The van der Waals surface area contributed by atoms with E-state index in [4.69, 9.17) is 5.73 Å². The van der Waals surface area contributed by atoms with E-state index in [1.54, 1.807) is 18.2 Å². The molecule has 3 rings (SSSR count). The minimum atomic E-state index is -2.86. The Morgan fingerprint density at radius 2 is 1.74 bits per heavy atom. The maximum Gasteiger partial charge on any atom is 0.387 e. The number of halogens is 3. The normalized spacial score (nSPS) is 14.6. The minimum absolute atomic E-state index is 0. The maximum atomic E-state index is 12.8. The number of piperidine rings is 1. The number of hydrogen-bond acceptors (Lipinski definition) is 4. The fourth-order valence-electron chi connectivity index (χ4n) is 2.93. The summed E-state index contributed by atoms with van der Waals surface area (Å²) in [7, 11) is 0. The predicted octanol–water partition coefficient (Wildman–Crippen LogP) is 4.02. The van der Waals surface area contributed by atoms with E-state index in [0.29, 0.717) is 30.0 Å². The van der Waals surface area contributed by atoms with Gasteiger partial charge in [0.05, 0.1) is 11.3 Å². The van der Waals surface area contributed by atoms with Crippen molar-refractivity contribution in [2.75, 3.05) is 18.4 Å². The molecule has 0 radical (unpaired) electrons. The third-order valence-corrected chi connectivity index (χ3v) is 4.34. The highest BCUT2D eigenvalue weighted by molar-refractivity contribution is 6.00. The number of para-hydroxylation sites is 1. The molecular weight excluding hydrogens is 376 g/mol. The summed E-state index contributed by atoms with van der Waals surface area (Å²) in [6.45, 7) is -1.56. The van der Waals surface area contributed by atoms with Gasteiger partial charge in [-0.15, -0.1) is 12.4 Å². The third-order valence-electron chi connectivity index (χ3n) is 4.34. The van der Waals surface area contributed by atoms with Crippen molar-refractivity contribution < 1.29 is 18.3 Å². The number of nitrogens with zero attached hydrogens (tertiary/aromatic N) is 1. The van der Waals surface area contributed by atoms with Gasteiger partial charge < -0.3 is 20.7 Å². The van der Waals surface area contributed by atoms with Crippen molar-refractivity contribution in [3.63, 3.8) is 0 Å². The van der Waals surface area contributed by atoms with Gasteiger partial charge in [-0.1, -0.05) is 12.1 Å². The lowest BCUT2D eigenvalue weighted by molar-refractivity contribution is -0.0498. The Kier molecular flexibility index (Phi) is 7.38. The standard InChI is InChI=1S/C19H21F2N3O2.ClH/c20-19(21)26-15-7-5-14(6-8-15)23-17-4-2-1-3-16(17)18(25)24-11-9-13(22)10-12-24;/h1-8,13,19,23H,9-12,22H2;1H. The molecule has 27 heavy (non-hydrogen) atoms. The van der Waals surface area contributed by atoms with Crippen LogP contribution < -0.4 is 15.8 Å². The molecule has 0 atom stereocenters. The van der Waals surface area contributed by atoms with Crippen molar-refractivity contribution in [1.82, 2.24) is 4.90 Å². The highest BCUT2D eigenvalue weighted by Gasteiger charge is 2.23. The summed E-state index contributed by atoms with van der Waals surface area (Å²) in [4.78, 5) is 14.6. The van der Waals surface area contributed by atoms with Crippen molar-refractivity contribution in [3.05, 3.63) is 54.1 Å². The van der Waals surface area contributed by atoms with E-state index in [1.165, 1.54) is 12.1 Å². The van der Waals surface area contributed by atoms with Gasteiger partial charge in [0.1, 0.15) is 5.75 Å². The van der Waals surface area contributed by atoms with Gasteiger partial charge in [0.25, 0.3) is 5.91 Å². The third kappa shape index (κ3) is 5.55. The topological polar surface area (TPSA) is 67.6 Å². The zero-order valence-corrected chi connectivity index (χ0v) is 15.4. The molecule has 0 saturated carbocycles. The quantitative estimate of drug-likeness (QED) is 0.799. The van der Waals surface area contributed by atoms with E-state index in [0.717, 1.165) is 12.8 Å². The number of nitrogens with two attached hydrogens (primary N) is 1. The van der Waals surface area contributed by atoms with Crippen LogP contribution in [0, 0.1) is 0 Å². The van der Waals surface area contributed by atoms with Gasteiger partial charge in [0, 0.05) is 24.8 Å². The number of amides is 1. The Morgan fingerprint density at radius 3 is 2.37 bits per heavy atom. The van der Waals surface area contributed by atoms with Crippen LogP contribution in [0.1, 0.15) is 23.2 Å². The fraction of sp³-hybridized carbons (Fsp3) is 0.316. The van der Waals surface area contributed by atoms with E-state index in [-0.39, 0.29) is 30.1 Å². The Bertz CT molecular complexity index is 751. The molecule has 1 saturated heterocycles. The van der Waals surface area contributed by atoms with Gasteiger partial charge in [0.15, 0.2) is 0 Å². The molecule has 2 aromatic rings. The van der Waals surface area contributed by atoms with E-state index in [1.807, 2.05) is 23.1 Å². The number of hydrogen-bond donors (Lipinski definition) is 2. The van der Waals surface area contributed by atoms with Crippen LogP contribution in [0.3, 0.4) is 0 Å². The Hall–Kier alpha value is -2.38. The van der Waals surface area contributed by atoms with Crippen molar-refractivity contribution >= 4 is 29.7 Å². The van der Waals surface area contributed by atoms with Gasteiger partial charge in [-0.3, -0.25) is 4.79 Å².